The minimum atomic E-state index is 0. The van der Waals surface area contributed by atoms with Gasteiger partial charge in [-0.25, -0.2) is 0 Å². The molecule has 32 valence electrons. The van der Waals surface area contributed by atoms with Crippen molar-refractivity contribution in [1.82, 2.24) is 0 Å². The van der Waals surface area contributed by atoms with Gasteiger partial charge in [-0.15, -0.1) is 0 Å². The first-order chi connectivity index (χ1) is 0. The summed E-state index contributed by atoms with van der Waals surface area (Å²) in [6, 6.07) is 0. The van der Waals surface area contributed by atoms with Crippen LogP contribution in [0.5, 0.6) is 0 Å². The summed E-state index contributed by atoms with van der Waals surface area (Å²) in [6.45, 7) is 0. The first-order valence-electron chi connectivity index (χ1n) is 0. The van der Waals surface area contributed by atoms with Crippen molar-refractivity contribution < 1.29 is 73.8 Å². The molecule has 0 spiro atoms. The predicted octanol–water partition coefficient (Wildman–Crippen LogP) is -3.85. The van der Waals surface area contributed by atoms with E-state index < -0.39 is 0 Å². The van der Waals surface area contributed by atoms with Crippen molar-refractivity contribution in [2.45, 2.75) is 0 Å². The molecule has 0 radical (unpaired) electrons. The van der Waals surface area contributed by atoms with E-state index in [1.54, 1.807) is 0 Å². The summed E-state index contributed by atoms with van der Waals surface area (Å²) in [6.07, 6.45) is 0. The second-order valence-electron chi connectivity index (χ2n) is 0. The molecule has 7 heteroatoms. The molecule has 0 saturated heterocycles. The fourth-order valence-corrected chi connectivity index (χ4v) is 0. The zero-order chi connectivity index (χ0) is 0. The number of rotatable bonds is 0. The quantitative estimate of drug-likeness (QED) is 0.407. The van der Waals surface area contributed by atoms with Gasteiger partial charge in [0.25, 0.3) is 0 Å². The first-order valence-corrected chi connectivity index (χ1v) is 0. The first kappa shape index (κ1) is 85.6. The molecule has 0 aromatic rings. The van der Waals surface area contributed by atoms with E-state index in [1.165, 1.54) is 0 Å². The molecule has 0 aromatic carbocycles. The zero-order valence-electron chi connectivity index (χ0n) is 3.79. The fourth-order valence-electron chi connectivity index (χ4n) is 0. The second kappa shape index (κ2) is 61.2. The third-order valence-corrected chi connectivity index (χ3v) is 0. The minimum Gasteiger partial charge on any atom is -2.00 e. The van der Waals surface area contributed by atoms with E-state index >= 15 is 0 Å². The molecule has 4 nitrogen and oxygen atoms in total. The van der Waals surface area contributed by atoms with Gasteiger partial charge in [0.2, 0.25) is 0 Å². The molecule has 0 aromatic heterocycles. The van der Waals surface area contributed by atoms with Gasteiger partial charge in [0.1, 0.15) is 0 Å². The SMILES string of the molecule is [Ba+2].[Na+].[Nb+5].[O-2].[O-2].[O-2].[O-2]. The molecule has 0 fully saturated rings. The zero-order valence-corrected chi connectivity index (χ0v) is 12.4. The van der Waals surface area contributed by atoms with Crippen LogP contribution in [0.25, 0.3) is 0 Å². The predicted molar refractivity (Wildman–Crippen MR) is 8.50 cm³/mol. The fraction of sp³-hybridized carbons (Fsp3) is 0. The Hall–Kier alpha value is 3.15. The van der Waals surface area contributed by atoms with Gasteiger partial charge in [0.05, 0.1) is 0 Å². The van der Waals surface area contributed by atoms with Gasteiger partial charge >= 0.3 is 101 Å². The van der Waals surface area contributed by atoms with Gasteiger partial charge in [0.15, 0.2) is 0 Å². The smallest absolute Gasteiger partial charge is 2.00 e. The van der Waals surface area contributed by atoms with Gasteiger partial charge in [0, 0.05) is 0 Å². The maximum atomic E-state index is 0. The monoisotopic (exact) mass is 318 g/mol. The van der Waals surface area contributed by atoms with E-state index in [0.717, 1.165) is 0 Å². The Labute approximate surface area is 120 Å². The Kier molecular flexibility index (Phi) is 749. The Morgan fingerprint density at radius 3 is 0.571 bits per heavy atom. The second-order valence-corrected chi connectivity index (χ2v) is 0. The average Bonchev–Trinajstić information content (AvgIpc) is 0. The molecule has 0 aliphatic rings. The van der Waals surface area contributed by atoms with E-state index in [-0.39, 0.29) is 123 Å². The van der Waals surface area contributed by atoms with E-state index in [0.29, 0.717) is 0 Å². The van der Waals surface area contributed by atoms with E-state index in [4.69, 9.17) is 0 Å². The molecule has 0 unspecified atom stereocenters. The Morgan fingerprint density at radius 2 is 0.571 bits per heavy atom. The van der Waals surface area contributed by atoms with Crippen molar-refractivity contribution in [1.29, 1.82) is 0 Å². The Balaban J connectivity index is 0. The minimum absolute atomic E-state index is 0. The van der Waals surface area contributed by atoms with Crippen LogP contribution < -0.4 is 29.6 Å². The van der Waals surface area contributed by atoms with Crippen LogP contribution >= 0.6 is 0 Å². The molecular weight excluding hydrogens is 317 g/mol. The van der Waals surface area contributed by atoms with Gasteiger partial charge in [-0.2, -0.15) is 0 Å². The third kappa shape index (κ3) is 47.1. The molecule has 0 atom stereocenters. The van der Waals surface area contributed by atoms with Crippen LogP contribution in [0.3, 0.4) is 0 Å². The molecule has 0 N–H and O–H groups in total. The third-order valence-electron chi connectivity index (χ3n) is 0. The van der Waals surface area contributed by atoms with Crippen molar-refractivity contribution in [2.24, 2.45) is 0 Å². The van der Waals surface area contributed by atoms with Gasteiger partial charge in [-0.05, 0) is 0 Å². The van der Waals surface area contributed by atoms with Gasteiger partial charge in [-0.3, -0.25) is 0 Å². The van der Waals surface area contributed by atoms with Crippen molar-refractivity contribution in [2.75, 3.05) is 0 Å². The molecule has 0 heterocycles. The van der Waals surface area contributed by atoms with E-state index in [1.807, 2.05) is 0 Å². The van der Waals surface area contributed by atoms with E-state index in [2.05, 4.69) is 0 Å². The molecule has 0 amide bonds. The van der Waals surface area contributed by atoms with Crippen LogP contribution in [0.1, 0.15) is 0 Å². The van der Waals surface area contributed by atoms with Crippen LogP contribution in [0.15, 0.2) is 0 Å². The molecule has 0 bridgehead atoms. The van der Waals surface area contributed by atoms with Crippen LogP contribution in [-0.2, 0) is 44.3 Å². The van der Waals surface area contributed by atoms with Crippen LogP contribution in [-0.4, -0.2) is 48.9 Å². The molecule has 0 aliphatic carbocycles. The molecule has 7 heavy (non-hydrogen) atoms. The number of hydrogen-bond acceptors (Lipinski definition) is 0. The summed E-state index contributed by atoms with van der Waals surface area (Å²) in [5.41, 5.74) is 0. The van der Waals surface area contributed by atoms with Crippen LogP contribution in [0.4, 0.5) is 0 Å². The summed E-state index contributed by atoms with van der Waals surface area (Å²) >= 11 is 0. The van der Waals surface area contributed by atoms with Crippen LogP contribution in [0.2, 0.25) is 0 Å². The Morgan fingerprint density at radius 1 is 0.571 bits per heavy atom. The maximum Gasteiger partial charge on any atom is 5.00 e. The standard InChI is InChI=1S/Ba.Na.Nb.4O/q+2;+1;+5;4*-2. The maximum absolute atomic E-state index is 0. The summed E-state index contributed by atoms with van der Waals surface area (Å²) in [7, 11) is 0. The van der Waals surface area contributed by atoms with Crippen molar-refractivity contribution in [3.05, 3.63) is 0 Å². The molecule has 0 rings (SSSR count). The largest absolute Gasteiger partial charge is 5.00 e. The van der Waals surface area contributed by atoms with Gasteiger partial charge < -0.3 is 21.9 Å². The van der Waals surface area contributed by atoms with Crippen LogP contribution in [0, 0.1) is 0 Å². The molecular formula is BaNaNbO4. The summed E-state index contributed by atoms with van der Waals surface area (Å²) < 4.78 is 0. The Bertz CT molecular complexity index is 11.7. The van der Waals surface area contributed by atoms with Crippen molar-refractivity contribution in [3.8, 4) is 0 Å². The summed E-state index contributed by atoms with van der Waals surface area (Å²) in [4.78, 5) is 0. The van der Waals surface area contributed by atoms with E-state index in [9.17, 15) is 0 Å². The average molecular weight is 317 g/mol. The van der Waals surface area contributed by atoms with Gasteiger partial charge in [-0.1, -0.05) is 0 Å². The van der Waals surface area contributed by atoms with Crippen molar-refractivity contribution in [3.63, 3.8) is 0 Å². The topological polar surface area (TPSA) is 114 Å². The summed E-state index contributed by atoms with van der Waals surface area (Å²) in [5, 5.41) is 0. The molecule has 0 aliphatic heterocycles. The van der Waals surface area contributed by atoms with Crippen molar-refractivity contribution >= 4 is 48.9 Å². The number of hydrogen-bond donors (Lipinski definition) is 0. The normalized spacial score (nSPS) is 0. The summed E-state index contributed by atoms with van der Waals surface area (Å²) in [5.74, 6) is 0. The molecule has 0 saturated carbocycles.